The first kappa shape index (κ1) is 28.4. The van der Waals surface area contributed by atoms with Crippen molar-refractivity contribution in [2.75, 3.05) is 13.1 Å². The molecule has 0 amide bonds. The third-order valence-electron chi connectivity index (χ3n) is 5.71. The zero-order valence-corrected chi connectivity index (χ0v) is 20.4. The molecule has 0 aromatic heterocycles. The van der Waals surface area contributed by atoms with Crippen molar-refractivity contribution < 1.29 is 8.42 Å². The van der Waals surface area contributed by atoms with E-state index >= 15 is 0 Å². The van der Waals surface area contributed by atoms with Gasteiger partial charge in [0.15, 0.2) is 5.25 Å². The quantitative estimate of drug-likeness (QED) is 0.182. The Morgan fingerprint density at radius 3 is 1.45 bits per heavy atom. The van der Waals surface area contributed by atoms with Crippen LogP contribution in [0.2, 0.25) is 0 Å². The first-order valence-corrected chi connectivity index (χ1v) is 13.9. The molecule has 0 fully saturated rings. The van der Waals surface area contributed by atoms with Crippen LogP contribution in [0.4, 0.5) is 0 Å². The van der Waals surface area contributed by atoms with Crippen LogP contribution in [0.15, 0.2) is 0 Å². The van der Waals surface area contributed by atoms with Crippen molar-refractivity contribution in [3.8, 4) is 6.07 Å². The molecule has 0 aromatic carbocycles. The minimum Gasteiger partial charge on any atom is -0.211 e. The van der Waals surface area contributed by atoms with E-state index in [9.17, 15) is 13.7 Å². The molecule has 0 aliphatic carbocycles. The van der Waals surface area contributed by atoms with Gasteiger partial charge < -0.3 is 0 Å². The Morgan fingerprint density at radius 2 is 1.03 bits per heavy atom. The summed E-state index contributed by atoms with van der Waals surface area (Å²) in [6, 6.07) is 2.12. The molecule has 5 heteroatoms. The van der Waals surface area contributed by atoms with Crippen LogP contribution in [0.1, 0.15) is 130 Å². The van der Waals surface area contributed by atoms with Gasteiger partial charge in [0.2, 0.25) is 10.0 Å². The Bertz CT molecular complexity index is 486. The van der Waals surface area contributed by atoms with Crippen LogP contribution in [0, 0.1) is 11.3 Å². The van der Waals surface area contributed by atoms with Crippen molar-refractivity contribution in [2.45, 2.75) is 135 Å². The molecule has 4 nitrogen and oxygen atoms in total. The number of sulfonamides is 1. The van der Waals surface area contributed by atoms with Gasteiger partial charge in [-0.15, -0.1) is 0 Å². The molecule has 0 saturated heterocycles. The molecule has 29 heavy (non-hydrogen) atoms. The molecule has 0 bridgehead atoms. The average molecular weight is 429 g/mol. The van der Waals surface area contributed by atoms with Crippen molar-refractivity contribution in [1.29, 1.82) is 5.26 Å². The predicted octanol–water partition coefficient (Wildman–Crippen LogP) is 7.20. The Labute approximate surface area is 182 Å². The highest BCUT2D eigenvalue weighted by Crippen LogP contribution is 2.19. The number of rotatable bonds is 21. The molecule has 1 unspecified atom stereocenters. The van der Waals surface area contributed by atoms with Gasteiger partial charge in [0, 0.05) is 13.1 Å². The first-order chi connectivity index (χ1) is 14.0. The van der Waals surface area contributed by atoms with E-state index in [4.69, 9.17) is 0 Å². The van der Waals surface area contributed by atoms with E-state index in [1.54, 1.807) is 4.31 Å². The lowest BCUT2D eigenvalue weighted by molar-refractivity contribution is 0.380. The first-order valence-electron chi connectivity index (χ1n) is 12.4. The van der Waals surface area contributed by atoms with E-state index in [2.05, 4.69) is 26.8 Å². The SMILES string of the molecule is CCCCCCCCC(C#N)S(=O)(=O)N(CCCCCCC)CCCCCCC. The summed E-state index contributed by atoms with van der Waals surface area (Å²) in [7, 11) is -3.52. The third kappa shape index (κ3) is 14.1. The molecular weight excluding hydrogens is 380 g/mol. The minimum absolute atomic E-state index is 0.479. The van der Waals surface area contributed by atoms with Crippen LogP contribution >= 0.6 is 0 Å². The van der Waals surface area contributed by atoms with E-state index in [1.165, 1.54) is 57.8 Å². The number of hydrogen-bond acceptors (Lipinski definition) is 3. The summed E-state index contributed by atoms with van der Waals surface area (Å²) in [5.41, 5.74) is 0. The summed E-state index contributed by atoms with van der Waals surface area (Å²) in [4.78, 5) is 0. The molecule has 0 saturated carbocycles. The molecule has 0 N–H and O–H groups in total. The van der Waals surface area contributed by atoms with Gasteiger partial charge in [-0.05, 0) is 19.3 Å². The van der Waals surface area contributed by atoms with Crippen molar-refractivity contribution in [3.05, 3.63) is 0 Å². The Hall–Kier alpha value is -0.600. The minimum atomic E-state index is -3.52. The van der Waals surface area contributed by atoms with E-state index in [0.717, 1.165) is 44.9 Å². The Balaban J connectivity index is 4.69. The fourth-order valence-electron chi connectivity index (χ4n) is 3.72. The van der Waals surface area contributed by atoms with Gasteiger partial charge in [-0.1, -0.05) is 111 Å². The molecule has 0 aromatic rings. The largest absolute Gasteiger partial charge is 0.230 e. The Morgan fingerprint density at radius 1 is 0.655 bits per heavy atom. The fraction of sp³-hybridized carbons (Fsp3) is 0.958. The maximum atomic E-state index is 13.2. The predicted molar refractivity (Wildman–Crippen MR) is 125 cm³/mol. The fourth-order valence-corrected chi connectivity index (χ4v) is 5.44. The maximum absolute atomic E-state index is 13.2. The second kappa shape index (κ2) is 19.4. The average Bonchev–Trinajstić information content (AvgIpc) is 2.71. The zero-order chi connectivity index (χ0) is 21.8. The molecule has 172 valence electrons. The van der Waals surface area contributed by atoms with Crippen LogP contribution in [-0.2, 0) is 10.0 Å². The Kier molecular flexibility index (Phi) is 19.0. The zero-order valence-electron chi connectivity index (χ0n) is 19.6. The second-order valence-corrected chi connectivity index (χ2v) is 10.6. The van der Waals surface area contributed by atoms with Gasteiger partial charge >= 0.3 is 0 Å². The topological polar surface area (TPSA) is 61.2 Å². The summed E-state index contributed by atoms with van der Waals surface area (Å²) in [6.07, 6.45) is 18.2. The second-order valence-electron chi connectivity index (χ2n) is 8.45. The van der Waals surface area contributed by atoms with Crippen LogP contribution in [0.25, 0.3) is 0 Å². The lowest BCUT2D eigenvalue weighted by Gasteiger charge is -2.25. The van der Waals surface area contributed by atoms with E-state index in [0.29, 0.717) is 19.5 Å². The van der Waals surface area contributed by atoms with Crippen molar-refractivity contribution in [3.63, 3.8) is 0 Å². The van der Waals surface area contributed by atoms with Crippen LogP contribution in [-0.4, -0.2) is 31.1 Å². The number of nitrogens with zero attached hydrogens (tertiary/aromatic N) is 2. The third-order valence-corrected chi connectivity index (χ3v) is 7.85. The molecule has 0 aliphatic heterocycles. The monoisotopic (exact) mass is 428 g/mol. The summed E-state index contributed by atoms with van der Waals surface area (Å²) < 4.78 is 28.0. The highest BCUT2D eigenvalue weighted by molar-refractivity contribution is 7.90. The number of nitriles is 1. The maximum Gasteiger partial charge on any atom is 0.230 e. The summed E-state index contributed by atoms with van der Waals surface area (Å²) >= 11 is 0. The van der Waals surface area contributed by atoms with Crippen LogP contribution in [0.5, 0.6) is 0 Å². The summed E-state index contributed by atoms with van der Waals surface area (Å²) in [5.74, 6) is 0. The highest BCUT2D eigenvalue weighted by Gasteiger charge is 2.31. The smallest absolute Gasteiger partial charge is 0.211 e. The van der Waals surface area contributed by atoms with Gasteiger partial charge in [-0.25, -0.2) is 12.7 Å². The van der Waals surface area contributed by atoms with Gasteiger partial charge in [0.25, 0.3) is 0 Å². The number of hydrogen-bond donors (Lipinski definition) is 0. The van der Waals surface area contributed by atoms with E-state index in [1.807, 2.05) is 0 Å². The van der Waals surface area contributed by atoms with Gasteiger partial charge in [-0.3, -0.25) is 0 Å². The molecule has 0 aliphatic rings. The lowest BCUT2D eigenvalue weighted by Crippen LogP contribution is -2.39. The molecule has 0 rings (SSSR count). The van der Waals surface area contributed by atoms with Crippen molar-refractivity contribution in [1.82, 2.24) is 4.31 Å². The van der Waals surface area contributed by atoms with Gasteiger partial charge in [0.1, 0.15) is 0 Å². The van der Waals surface area contributed by atoms with E-state index in [-0.39, 0.29) is 0 Å². The van der Waals surface area contributed by atoms with Crippen LogP contribution < -0.4 is 0 Å². The van der Waals surface area contributed by atoms with E-state index < -0.39 is 15.3 Å². The van der Waals surface area contributed by atoms with Crippen molar-refractivity contribution in [2.24, 2.45) is 0 Å². The molecule has 1 atom stereocenters. The molecular formula is C24H48N2O2S. The summed E-state index contributed by atoms with van der Waals surface area (Å²) in [5, 5.41) is 8.70. The number of unbranched alkanes of at least 4 members (excludes halogenated alkanes) is 13. The van der Waals surface area contributed by atoms with Crippen LogP contribution in [0.3, 0.4) is 0 Å². The lowest BCUT2D eigenvalue weighted by atomic mass is 10.1. The van der Waals surface area contributed by atoms with Crippen molar-refractivity contribution >= 4 is 10.0 Å². The standard InChI is InChI=1S/C24H48N2O2S/c1-4-7-10-13-14-17-20-24(23-25)29(27,28)26(21-18-15-11-8-5-2)22-19-16-12-9-6-3/h24H,4-22H2,1-3H3. The van der Waals surface area contributed by atoms with Gasteiger partial charge in [-0.2, -0.15) is 5.26 Å². The van der Waals surface area contributed by atoms with Gasteiger partial charge in [0.05, 0.1) is 6.07 Å². The molecule has 0 spiro atoms. The molecule has 0 radical (unpaired) electrons. The summed E-state index contributed by atoms with van der Waals surface area (Å²) in [6.45, 7) is 7.72. The molecule has 0 heterocycles. The normalized spacial score (nSPS) is 12.9. The highest BCUT2D eigenvalue weighted by atomic mass is 32.2.